The highest BCUT2D eigenvalue weighted by atomic mass is 16.5. The molecule has 3 aromatic rings. The van der Waals surface area contributed by atoms with Crippen LogP contribution >= 0.6 is 0 Å². The number of phenolic OH excluding ortho intramolecular Hbond substituents is 1. The fourth-order valence-corrected chi connectivity index (χ4v) is 6.91. The van der Waals surface area contributed by atoms with Crippen molar-refractivity contribution >= 4 is 34.7 Å². The normalized spacial score (nSPS) is 24.3. The fraction of sp³-hybridized carbons (Fsp3) is 0.281. The number of phenols is 1. The number of aromatic nitrogens is 1. The van der Waals surface area contributed by atoms with Crippen LogP contribution in [0.25, 0.3) is 16.9 Å². The summed E-state index contributed by atoms with van der Waals surface area (Å²) in [5.41, 5.74) is 4.18. The first kappa shape index (κ1) is 29.8. The van der Waals surface area contributed by atoms with Crippen LogP contribution in [0.5, 0.6) is 5.75 Å². The van der Waals surface area contributed by atoms with Gasteiger partial charge in [0.2, 0.25) is 17.3 Å². The fourth-order valence-electron chi connectivity index (χ4n) is 6.91. The molecule has 13 nitrogen and oxygen atoms in total. The number of hydrogen-bond acceptors (Lipinski definition) is 12. The summed E-state index contributed by atoms with van der Waals surface area (Å²) in [6.45, 7) is -0.0179. The zero-order valence-corrected chi connectivity index (χ0v) is 24.3. The van der Waals surface area contributed by atoms with Gasteiger partial charge in [0.15, 0.2) is 11.4 Å². The number of ketones is 3. The van der Waals surface area contributed by atoms with Crippen molar-refractivity contribution in [1.29, 1.82) is 0 Å². The van der Waals surface area contributed by atoms with Crippen LogP contribution in [0.4, 0.5) is 5.69 Å². The smallest absolute Gasteiger partial charge is 0.255 e. The minimum atomic E-state index is -2.70. The summed E-state index contributed by atoms with van der Waals surface area (Å²) < 4.78 is 4.88. The highest BCUT2D eigenvalue weighted by Crippen LogP contribution is 2.53. The van der Waals surface area contributed by atoms with E-state index in [1.54, 1.807) is 44.4 Å². The molecule has 2 aromatic carbocycles. The molecule has 3 aliphatic carbocycles. The Morgan fingerprint density at radius 3 is 2.42 bits per heavy atom. The molecule has 0 aliphatic heterocycles. The van der Waals surface area contributed by atoms with E-state index in [4.69, 9.17) is 10.3 Å². The second-order valence-corrected chi connectivity index (χ2v) is 11.7. The predicted molar refractivity (Wildman–Crippen MR) is 159 cm³/mol. The lowest BCUT2D eigenvalue weighted by molar-refractivity contribution is -0.153. The molecule has 4 unspecified atom stereocenters. The minimum absolute atomic E-state index is 0.00338. The molecule has 1 fully saturated rings. The molecule has 0 spiro atoms. The van der Waals surface area contributed by atoms with Crippen molar-refractivity contribution in [3.8, 4) is 16.9 Å². The van der Waals surface area contributed by atoms with Crippen LogP contribution in [0.2, 0.25) is 0 Å². The Morgan fingerprint density at radius 2 is 1.80 bits per heavy atom. The minimum Gasteiger partial charge on any atom is -0.508 e. The Bertz CT molecular complexity index is 1830. The van der Waals surface area contributed by atoms with Crippen LogP contribution in [0.3, 0.4) is 0 Å². The predicted octanol–water partition coefficient (Wildman–Crippen LogP) is 1.91. The third-order valence-corrected chi connectivity index (χ3v) is 8.97. The van der Waals surface area contributed by atoms with E-state index < -0.39 is 58.0 Å². The zero-order valence-electron chi connectivity index (χ0n) is 24.3. The molecule has 3 aliphatic rings. The largest absolute Gasteiger partial charge is 0.508 e. The van der Waals surface area contributed by atoms with E-state index in [1.165, 1.54) is 23.2 Å². The summed E-state index contributed by atoms with van der Waals surface area (Å²) >= 11 is 0. The topological polar surface area (TPSA) is 217 Å². The number of primary amides is 1. The van der Waals surface area contributed by atoms with Crippen molar-refractivity contribution in [2.45, 2.75) is 24.5 Å². The number of likely N-dealkylation sites (N-methyl/N-ethyl adjacent to an activating group) is 1. The van der Waals surface area contributed by atoms with Crippen LogP contribution < -0.4 is 11.1 Å². The van der Waals surface area contributed by atoms with E-state index >= 15 is 0 Å². The summed E-state index contributed by atoms with van der Waals surface area (Å²) in [7, 11) is 3.10. The molecule has 7 N–H and O–H groups in total. The second-order valence-electron chi connectivity index (χ2n) is 11.7. The molecular weight excluding hydrogens is 584 g/mol. The third-order valence-electron chi connectivity index (χ3n) is 8.97. The van der Waals surface area contributed by atoms with Gasteiger partial charge in [0, 0.05) is 23.2 Å². The van der Waals surface area contributed by atoms with Crippen LogP contribution in [0, 0.1) is 11.8 Å². The molecule has 1 heterocycles. The first-order valence-electron chi connectivity index (χ1n) is 14.1. The lowest BCUT2D eigenvalue weighted by Gasteiger charge is -2.50. The summed E-state index contributed by atoms with van der Waals surface area (Å²) in [5, 5.41) is 51.6. The van der Waals surface area contributed by atoms with Crippen molar-refractivity contribution in [1.82, 2.24) is 10.1 Å². The number of fused-ring (bicyclic) bond motifs is 3. The highest BCUT2D eigenvalue weighted by molar-refractivity contribution is 6.24. The van der Waals surface area contributed by atoms with E-state index in [1.807, 2.05) is 0 Å². The number of aliphatic hydroxyl groups is 3. The Balaban J connectivity index is 1.38. The molecule has 0 radical (unpaired) electrons. The third kappa shape index (κ3) is 4.50. The number of hydrogen-bond donors (Lipinski definition) is 6. The lowest BCUT2D eigenvalue weighted by atomic mass is 9.57. The van der Waals surface area contributed by atoms with E-state index in [9.17, 15) is 39.6 Å². The van der Waals surface area contributed by atoms with Crippen LogP contribution in [0.15, 0.2) is 70.1 Å². The van der Waals surface area contributed by atoms with Gasteiger partial charge in [-0.05, 0) is 67.7 Å². The number of nitrogens with zero attached hydrogens (tertiary/aromatic N) is 2. The Kier molecular flexibility index (Phi) is 7.09. The Hall–Kier alpha value is -5.27. The number of carbonyl (C=O) groups is 4. The average Bonchev–Trinajstić information content (AvgIpc) is 3.53. The molecule has 1 aromatic heterocycles. The molecule has 0 bridgehead atoms. The van der Waals surface area contributed by atoms with E-state index in [2.05, 4.69) is 10.5 Å². The van der Waals surface area contributed by atoms with Gasteiger partial charge in [0.1, 0.15) is 22.8 Å². The molecular formula is C32H30N4O9. The van der Waals surface area contributed by atoms with Gasteiger partial charge in [-0.3, -0.25) is 24.1 Å². The molecule has 232 valence electrons. The van der Waals surface area contributed by atoms with Gasteiger partial charge in [-0.15, -0.1) is 0 Å². The van der Waals surface area contributed by atoms with E-state index in [-0.39, 0.29) is 47.8 Å². The zero-order chi connectivity index (χ0) is 32.4. The molecule has 45 heavy (non-hydrogen) atoms. The maximum atomic E-state index is 14.0. The average molecular weight is 615 g/mol. The highest BCUT2D eigenvalue weighted by Gasteiger charge is 2.64. The van der Waals surface area contributed by atoms with Crippen LogP contribution in [-0.4, -0.2) is 86.0 Å². The molecule has 6 rings (SSSR count). The molecule has 4 atom stereocenters. The quantitative estimate of drug-likeness (QED) is 0.166. The van der Waals surface area contributed by atoms with Gasteiger partial charge in [0.25, 0.3) is 5.91 Å². The van der Waals surface area contributed by atoms with Crippen molar-refractivity contribution in [2.24, 2.45) is 17.6 Å². The Morgan fingerprint density at radius 1 is 1.09 bits per heavy atom. The molecule has 1 saturated carbocycles. The summed E-state index contributed by atoms with van der Waals surface area (Å²) in [4.78, 5) is 53.1. The lowest BCUT2D eigenvalue weighted by Crippen LogP contribution is -2.65. The van der Waals surface area contributed by atoms with Gasteiger partial charge < -0.3 is 36.0 Å². The van der Waals surface area contributed by atoms with Crippen LogP contribution in [0.1, 0.15) is 28.1 Å². The van der Waals surface area contributed by atoms with Gasteiger partial charge in [0.05, 0.1) is 24.3 Å². The maximum Gasteiger partial charge on any atom is 0.255 e. The van der Waals surface area contributed by atoms with Gasteiger partial charge >= 0.3 is 0 Å². The van der Waals surface area contributed by atoms with Crippen molar-refractivity contribution in [3.63, 3.8) is 0 Å². The van der Waals surface area contributed by atoms with Gasteiger partial charge in [-0.1, -0.05) is 23.4 Å². The maximum absolute atomic E-state index is 14.0. The SMILES string of the molecule is CN(C)C1C(=O)C(C(N)=O)=C(O)C2(O)C(=O)C3=C(O)c4c(O)ccc(-c5ccc(NCC(=O)c6ccno6)cc5)c4CC3CC12. The number of nitrogens with one attached hydrogen (secondary N) is 1. The monoisotopic (exact) mass is 614 g/mol. The number of nitrogens with two attached hydrogens (primary N) is 1. The van der Waals surface area contributed by atoms with Gasteiger partial charge in [-0.2, -0.15) is 0 Å². The van der Waals surface area contributed by atoms with E-state index in [0.717, 1.165) is 5.56 Å². The van der Waals surface area contributed by atoms with Crippen molar-refractivity contribution in [3.05, 3.63) is 82.5 Å². The summed E-state index contributed by atoms with van der Waals surface area (Å²) in [5.74, 6) is -7.16. The Labute approximate surface area is 256 Å². The number of anilines is 1. The second kappa shape index (κ2) is 10.7. The first-order valence-corrected chi connectivity index (χ1v) is 14.1. The number of Topliss-reactive ketones (excluding diaryl/α,β-unsaturated/α-hetero) is 3. The van der Waals surface area contributed by atoms with Crippen molar-refractivity contribution in [2.75, 3.05) is 26.0 Å². The molecule has 13 heteroatoms. The van der Waals surface area contributed by atoms with E-state index in [0.29, 0.717) is 16.8 Å². The summed E-state index contributed by atoms with van der Waals surface area (Å²) in [6.07, 6.45) is 1.53. The number of aromatic hydroxyl groups is 1. The number of amides is 1. The number of aliphatic hydroxyl groups excluding tert-OH is 2. The van der Waals surface area contributed by atoms with Crippen molar-refractivity contribution < 1.29 is 44.1 Å². The number of rotatable bonds is 7. The van der Waals surface area contributed by atoms with Crippen LogP contribution in [-0.2, 0) is 20.8 Å². The first-order chi connectivity index (χ1) is 21.4. The standard InChI is InChI=1S/C32H30N4O9/c1-36(2)26-19-12-15-11-18-17(14-3-5-16(6-4-14)34-13-21(38)22-9-10-35-45-22)7-8-20(37)24(18)27(39)23(15)29(41)32(19,44)30(42)25(28(26)40)31(33)43/h3-10,15,19,26,34,37,39,42,44H,11-13H2,1-2H3,(H2,33,43). The molecule has 0 saturated heterocycles. The summed E-state index contributed by atoms with van der Waals surface area (Å²) in [6, 6.07) is 10.5. The van der Waals surface area contributed by atoms with Gasteiger partial charge in [-0.25, -0.2) is 0 Å². The number of carbonyl (C=O) groups excluding carboxylic acids is 4. The molecule has 1 amide bonds. The number of benzene rings is 2.